The number of aryl methyl sites for hydroxylation is 1. The molecular weight excluding hydrogens is 280 g/mol. The number of nitrogens with zero attached hydrogens (tertiary/aromatic N) is 3. The van der Waals surface area contributed by atoms with Crippen LogP contribution in [0.4, 0.5) is 0 Å². The van der Waals surface area contributed by atoms with Gasteiger partial charge in [-0.2, -0.15) is 5.10 Å². The first-order valence-electron chi connectivity index (χ1n) is 6.24. The van der Waals surface area contributed by atoms with Crippen molar-refractivity contribution in [2.75, 3.05) is 20.1 Å². The van der Waals surface area contributed by atoms with Crippen LogP contribution in [-0.4, -0.2) is 34.8 Å². The molecule has 2 heterocycles. The Morgan fingerprint density at radius 2 is 2.32 bits per heavy atom. The molecule has 0 bridgehead atoms. The average Bonchev–Trinajstić information content (AvgIpc) is 2.94. The van der Waals surface area contributed by atoms with Crippen molar-refractivity contribution in [2.45, 2.75) is 13.1 Å². The van der Waals surface area contributed by atoms with Crippen LogP contribution in [0.15, 0.2) is 24.5 Å². The van der Waals surface area contributed by atoms with Gasteiger partial charge in [-0.25, -0.2) is 0 Å². The number of likely N-dealkylation sites (N-methyl/N-ethyl adjacent to an activating group) is 1. The molecule has 0 amide bonds. The summed E-state index contributed by atoms with van der Waals surface area (Å²) in [5.41, 5.74) is 1.25. The lowest BCUT2D eigenvalue weighted by atomic mass is 10.3. The second-order valence-corrected chi connectivity index (χ2v) is 6.44. The highest BCUT2D eigenvalue weighted by Gasteiger charge is 2.02. The highest BCUT2D eigenvalue weighted by Crippen LogP contribution is 2.20. The minimum atomic E-state index is 0.852. The Balaban J connectivity index is 1.62. The number of halogens is 1. The maximum absolute atomic E-state index is 5.89. The van der Waals surface area contributed by atoms with Crippen molar-refractivity contribution >= 4 is 22.9 Å². The van der Waals surface area contributed by atoms with Gasteiger partial charge in [0.2, 0.25) is 0 Å². The van der Waals surface area contributed by atoms with Gasteiger partial charge in [-0.15, -0.1) is 11.3 Å². The SMILES string of the molecule is CN(CCNCc1ccc(Cl)s1)Cc1cnn(C)c1. The first-order valence-corrected chi connectivity index (χ1v) is 7.44. The molecule has 0 aromatic carbocycles. The first-order chi connectivity index (χ1) is 9.13. The molecule has 0 aliphatic heterocycles. The second kappa shape index (κ2) is 7.05. The average molecular weight is 299 g/mol. The van der Waals surface area contributed by atoms with Crippen molar-refractivity contribution in [1.82, 2.24) is 20.0 Å². The normalized spacial score (nSPS) is 11.4. The fraction of sp³-hybridized carbons (Fsp3) is 0.462. The summed E-state index contributed by atoms with van der Waals surface area (Å²) in [7, 11) is 4.06. The minimum absolute atomic E-state index is 0.852. The Morgan fingerprint density at radius 1 is 1.47 bits per heavy atom. The summed E-state index contributed by atoms with van der Waals surface area (Å²) in [6.07, 6.45) is 3.97. The second-order valence-electron chi connectivity index (χ2n) is 4.64. The summed E-state index contributed by atoms with van der Waals surface area (Å²) in [4.78, 5) is 3.56. The minimum Gasteiger partial charge on any atom is -0.311 e. The van der Waals surface area contributed by atoms with E-state index in [1.807, 2.05) is 24.0 Å². The molecule has 104 valence electrons. The fourth-order valence-corrected chi connectivity index (χ4v) is 2.93. The molecular formula is C13H19ClN4S. The Hall–Kier alpha value is -0.880. The third-order valence-electron chi connectivity index (χ3n) is 2.81. The maximum Gasteiger partial charge on any atom is 0.0931 e. The van der Waals surface area contributed by atoms with E-state index in [0.717, 1.165) is 30.5 Å². The van der Waals surface area contributed by atoms with Gasteiger partial charge in [0, 0.05) is 49.9 Å². The molecule has 6 heteroatoms. The topological polar surface area (TPSA) is 33.1 Å². The van der Waals surface area contributed by atoms with E-state index in [-0.39, 0.29) is 0 Å². The standard InChI is InChI=1S/C13H19ClN4S/c1-17(9-11-7-16-18(2)10-11)6-5-15-8-12-3-4-13(14)19-12/h3-4,7,10,15H,5-6,8-9H2,1-2H3. The van der Waals surface area contributed by atoms with Crippen LogP contribution >= 0.6 is 22.9 Å². The zero-order chi connectivity index (χ0) is 13.7. The van der Waals surface area contributed by atoms with Crippen LogP contribution < -0.4 is 5.32 Å². The van der Waals surface area contributed by atoms with E-state index in [4.69, 9.17) is 11.6 Å². The van der Waals surface area contributed by atoms with Crippen LogP contribution in [0, 0.1) is 0 Å². The van der Waals surface area contributed by atoms with Crippen LogP contribution in [0.2, 0.25) is 4.34 Å². The van der Waals surface area contributed by atoms with Gasteiger partial charge in [0.1, 0.15) is 0 Å². The highest BCUT2D eigenvalue weighted by molar-refractivity contribution is 7.16. The van der Waals surface area contributed by atoms with Crippen molar-refractivity contribution in [3.05, 3.63) is 39.3 Å². The Kier molecular flexibility index (Phi) is 5.39. The molecule has 0 saturated carbocycles. The third-order valence-corrected chi connectivity index (χ3v) is 4.04. The zero-order valence-electron chi connectivity index (χ0n) is 11.3. The van der Waals surface area contributed by atoms with Gasteiger partial charge in [0.15, 0.2) is 0 Å². The van der Waals surface area contributed by atoms with Crippen LogP contribution in [0.3, 0.4) is 0 Å². The predicted molar refractivity (Wildman–Crippen MR) is 80.6 cm³/mol. The molecule has 0 radical (unpaired) electrons. The summed E-state index contributed by atoms with van der Waals surface area (Å²) < 4.78 is 2.69. The van der Waals surface area contributed by atoms with E-state index in [1.165, 1.54) is 10.4 Å². The third kappa shape index (κ3) is 4.95. The quantitative estimate of drug-likeness (QED) is 0.797. The van der Waals surface area contributed by atoms with E-state index in [1.54, 1.807) is 11.3 Å². The van der Waals surface area contributed by atoms with Crippen molar-refractivity contribution in [2.24, 2.45) is 7.05 Å². The van der Waals surface area contributed by atoms with E-state index < -0.39 is 0 Å². The molecule has 0 atom stereocenters. The number of nitrogens with one attached hydrogen (secondary N) is 1. The summed E-state index contributed by atoms with van der Waals surface area (Å²) in [5.74, 6) is 0. The van der Waals surface area contributed by atoms with Gasteiger partial charge in [0.25, 0.3) is 0 Å². The number of thiophene rings is 1. The fourth-order valence-electron chi connectivity index (χ4n) is 1.87. The summed E-state index contributed by atoms with van der Waals surface area (Å²) in [6.45, 7) is 3.79. The largest absolute Gasteiger partial charge is 0.311 e. The van der Waals surface area contributed by atoms with Gasteiger partial charge in [-0.1, -0.05) is 11.6 Å². The summed E-state index contributed by atoms with van der Waals surface area (Å²) in [6, 6.07) is 4.01. The summed E-state index contributed by atoms with van der Waals surface area (Å²) in [5, 5.41) is 7.60. The lowest BCUT2D eigenvalue weighted by Gasteiger charge is -2.15. The van der Waals surface area contributed by atoms with Gasteiger partial charge in [-0.3, -0.25) is 4.68 Å². The van der Waals surface area contributed by atoms with Crippen molar-refractivity contribution < 1.29 is 0 Å². The molecule has 0 aliphatic rings. The molecule has 0 unspecified atom stereocenters. The molecule has 0 spiro atoms. The number of rotatable bonds is 7. The molecule has 4 nitrogen and oxygen atoms in total. The van der Waals surface area contributed by atoms with Crippen molar-refractivity contribution in [3.8, 4) is 0 Å². The van der Waals surface area contributed by atoms with E-state index in [9.17, 15) is 0 Å². The highest BCUT2D eigenvalue weighted by atomic mass is 35.5. The lowest BCUT2D eigenvalue weighted by Crippen LogP contribution is -2.28. The smallest absolute Gasteiger partial charge is 0.0931 e. The maximum atomic E-state index is 5.89. The molecule has 0 fully saturated rings. The summed E-state index contributed by atoms with van der Waals surface area (Å²) >= 11 is 7.52. The zero-order valence-corrected chi connectivity index (χ0v) is 12.8. The molecule has 1 N–H and O–H groups in total. The molecule has 19 heavy (non-hydrogen) atoms. The van der Waals surface area contributed by atoms with Gasteiger partial charge in [0.05, 0.1) is 10.5 Å². The monoisotopic (exact) mass is 298 g/mol. The molecule has 0 aliphatic carbocycles. The molecule has 0 saturated heterocycles. The van der Waals surface area contributed by atoms with Gasteiger partial charge < -0.3 is 10.2 Å². The van der Waals surface area contributed by atoms with Crippen LogP contribution in [0.5, 0.6) is 0 Å². The van der Waals surface area contributed by atoms with E-state index in [2.05, 4.69) is 34.6 Å². The van der Waals surface area contributed by atoms with E-state index >= 15 is 0 Å². The van der Waals surface area contributed by atoms with Gasteiger partial charge in [-0.05, 0) is 19.2 Å². The molecule has 2 aromatic heterocycles. The van der Waals surface area contributed by atoms with Gasteiger partial charge >= 0.3 is 0 Å². The Labute approximate surface area is 123 Å². The van der Waals surface area contributed by atoms with Crippen molar-refractivity contribution in [1.29, 1.82) is 0 Å². The van der Waals surface area contributed by atoms with E-state index in [0.29, 0.717) is 0 Å². The number of aromatic nitrogens is 2. The predicted octanol–water partition coefficient (Wildman–Crippen LogP) is 2.36. The number of hydrogen-bond acceptors (Lipinski definition) is 4. The number of hydrogen-bond donors (Lipinski definition) is 1. The Morgan fingerprint density at radius 3 is 2.95 bits per heavy atom. The van der Waals surface area contributed by atoms with Crippen LogP contribution in [-0.2, 0) is 20.1 Å². The Bertz CT molecular complexity index is 508. The lowest BCUT2D eigenvalue weighted by molar-refractivity contribution is 0.324. The molecule has 2 aromatic rings. The van der Waals surface area contributed by atoms with Crippen LogP contribution in [0.25, 0.3) is 0 Å². The molecule has 2 rings (SSSR count). The van der Waals surface area contributed by atoms with Crippen LogP contribution in [0.1, 0.15) is 10.4 Å². The van der Waals surface area contributed by atoms with Crippen molar-refractivity contribution in [3.63, 3.8) is 0 Å². The first kappa shape index (κ1) is 14.5.